The summed E-state index contributed by atoms with van der Waals surface area (Å²) in [7, 11) is -3.82. The van der Waals surface area contributed by atoms with Gasteiger partial charge in [0.05, 0.1) is 16.3 Å². The molecule has 1 aromatic carbocycles. The van der Waals surface area contributed by atoms with Crippen molar-refractivity contribution in [3.8, 4) is 21.7 Å². The summed E-state index contributed by atoms with van der Waals surface area (Å²) in [5, 5.41) is 9.22. The van der Waals surface area contributed by atoms with E-state index in [0.717, 1.165) is 27.3 Å². The van der Waals surface area contributed by atoms with E-state index in [9.17, 15) is 18.3 Å². The number of carboxylic acids is 1. The first-order chi connectivity index (χ1) is 16.4. The highest BCUT2D eigenvalue weighted by Crippen LogP contribution is 2.44. The smallest absolute Gasteiger partial charge is 0.303 e. The van der Waals surface area contributed by atoms with Crippen LogP contribution in [0.5, 0.6) is 0 Å². The molecule has 0 spiro atoms. The maximum atomic E-state index is 13.7. The number of carbonyl (C=O) groups is 1. The number of hydrogen-bond acceptors (Lipinski definition) is 6. The molecule has 34 heavy (non-hydrogen) atoms. The second-order valence-corrected chi connectivity index (χ2v) is 11.2. The predicted molar refractivity (Wildman–Crippen MR) is 131 cm³/mol. The lowest BCUT2D eigenvalue weighted by molar-refractivity contribution is -0.137. The van der Waals surface area contributed by atoms with Gasteiger partial charge in [0.25, 0.3) is 10.0 Å². The molecule has 1 aliphatic heterocycles. The molecule has 1 aliphatic rings. The van der Waals surface area contributed by atoms with Gasteiger partial charge < -0.3 is 5.11 Å². The molecule has 3 aromatic heterocycles. The molecule has 1 N–H and O–H groups in total. The van der Waals surface area contributed by atoms with E-state index in [1.165, 1.54) is 15.6 Å². The van der Waals surface area contributed by atoms with E-state index >= 15 is 0 Å². The summed E-state index contributed by atoms with van der Waals surface area (Å²) in [6, 6.07) is 18.3. The molecule has 5 rings (SSSR count). The van der Waals surface area contributed by atoms with Gasteiger partial charge in [0.1, 0.15) is 4.21 Å². The van der Waals surface area contributed by atoms with Crippen molar-refractivity contribution in [3.63, 3.8) is 0 Å². The summed E-state index contributed by atoms with van der Waals surface area (Å²) in [4.78, 5) is 20.5. The molecule has 4 aromatic rings. The first-order valence-electron chi connectivity index (χ1n) is 10.7. The number of nitrogens with zero attached hydrogens (tertiary/aromatic N) is 3. The lowest BCUT2D eigenvalue weighted by atomic mass is 9.93. The average Bonchev–Trinajstić information content (AvgIpc) is 3.50. The van der Waals surface area contributed by atoms with Crippen LogP contribution in [0.1, 0.15) is 24.3 Å². The molecule has 0 amide bonds. The molecule has 0 aliphatic carbocycles. The van der Waals surface area contributed by atoms with E-state index in [2.05, 4.69) is 9.97 Å². The van der Waals surface area contributed by atoms with Crippen LogP contribution in [-0.4, -0.2) is 36.0 Å². The normalized spacial score (nSPS) is 15.3. The van der Waals surface area contributed by atoms with Crippen molar-refractivity contribution in [1.82, 2.24) is 9.97 Å². The van der Waals surface area contributed by atoms with Crippen LogP contribution in [0.2, 0.25) is 0 Å². The summed E-state index contributed by atoms with van der Waals surface area (Å²) < 4.78 is 29.0. The van der Waals surface area contributed by atoms with Gasteiger partial charge >= 0.3 is 5.97 Å². The Morgan fingerprint density at radius 1 is 1.06 bits per heavy atom. The van der Waals surface area contributed by atoms with Crippen molar-refractivity contribution in [2.24, 2.45) is 0 Å². The predicted octanol–water partition coefficient (Wildman–Crippen LogP) is 5.03. The fourth-order valence-corrected chi connectivity index (χ4v) is 7.14. The van der Waals surface area contributed by atoms with Crippen LogP contribution >= 0.6 is 11.3 Å². The number of pyridine rings is 2. The van der Waals surface area contributed by atoms with Crippen LogP contribution in [0.25, 0.3) is 21.7 Å². The minimum atomic E-state index is -3.82. The van der Waals surface area contributed by atoms with Crippen LogP contribution in [0.15, 0.2) is 83.5 Å². The van der Waals surface area contributed by atoms with Crippen LogP contribution in [0.3, 0.4) is 0 Å². The van der Waals surface area contributed by atoms with Crippen molar-refractivity contribution in [2.75, 3.05) is 10.8 Å². The van der Waals surface area contributed by atoms with E-state index in [1.54, 1.807) is 30.7 Å². The van der Waals surface area contributed by atoms with Gasteiger partial charge in [-0.05, 0) is 65.6 Å². The molecule has 172 valence electrons. The molecule has 0 bridgehead atoms. The van der Waals surface area contributed by atoms with Crippen molar-refractivity contribution in [1.29, 1.82) is 0 Å². The summed E-state index contributed by atoms with van der Waals surface area (Å²) in [5.74, 6) is -1.11. The monoisotopic (exact) mass is 491 g/mol. The highest BCUT2D eigenvalue weighted by atomic mass is 32.2. The topological polar surface area (TPSA) is 100 Å². The molecule has 1 atom stereocenters. The van der Waals surface area contributed by atoms with Gasteiger partial charge in [-0.3, -0.25) is 19.1 Å². The van der Waals surface area contributed by atoms with Crippen LogP contribution in [0.4, 0.5) is 5.69 Å². The molecular formula is C25H21N3O4S2. The molecule has 1 unspecified atom stereocenters. The second-order valence-electron chi connectivity index (χ2n) is 8.01. The number of anilines is 1. The second kappa shape index (κ2) is 9.00. The minimum Gasteiger partial charge on any atom is -0.481 e. The largest absolute Gasteiger partial charge is 0.481 e. The Hall–Kier alpha value is -3.56. The quantitative estimate of drug-likeness (QED) is 0.389. The zero-order valence-corrected chi connectivity index (χ0v) is 19.7. The van der Waals surface area contributed by atoms with Gasteiger partial charge in [0, 0.05) is 37.5 Å². The number of aromatic nitrogens is 2. The van der Waals surface area contributed by atoms with E-state index in [-0.39, 0.29) is 23.1 Å². The number of fused-ring (bicyclic) bond motifs is 1. The molecule has 0 saturated carbocycles. The third kappa shape index (κ3) is 4.20. The van der Waals surface area contributed by atoms with E-state index in [4.69, 9.17) is 0 Å². The third-order valence-corrected chi connectivity index (χ3v) is 9.22. The number of thiophene rings is 1. The number of sulfonamides is 1. The Morgan fingerprint density at radius 3 is 2.68 bits per heavy atom. The van der Waals surface area contributed by atoms with Crippen LogP contribution < -0.4 is 4.31 Å². The zero-order chi connectivity index (χ0) is 23.7. The maximum absolute atomic E-state index is 13.7. The van der Waals surface area contributed by atoms with Crippen molar-refractivity contribution < 1.29 is 18.3 Å². The van der Waals surface area contributed by atoms with E-state index < -0.39 is 16.0 Å². The Balaban J connectivity index is 1.53. The van der Waals surface area contributed by atoms with Crippen molar-refractivity contribution in [2.45, 2.75) is 23.0 Å². The van der Waals surface area contributed by atoms with Gasteiger partial charge in [-0.15, -0.1) is 11.3 Å². The molecule has 4 heterocycles. The molecule has 9 heteroatoms. The van der Waals surface area contributed by atoms with Gasteiger partial charge in [0.2, 0.25) is 0 Å². The SMILES string of the molecule is O=C(O)CCC1CN(S(=O)(=O)c2ccc(-c3ccccn3)s2)c2ccc(-c3cccnc3)cc21. The first kappa shape index (κ1) is 22.2. The molecule has 0 saturated heterocycles. The molecule has 0 fully saturated rings. The summed E-state index contributed by atoms with van der Waals surface area (Å²) in [5.41, 5.74) is 3.99. The highest BCUT2D eigenvalue weighted by molar-refractivity contribution is 7.94. The Labute approximate surface area is 201 Å². The van der Waals surface area contributed by atoms with Gasteiger partial charge in [-0.25, -0.2) is 8.42 Å². The van der Waals surface area contributed by atoms with Crippen LogP contribution in [-0.2, 0) is 14.8 Å². The minimum absolute atomic E-state index is 0.0298. The lowest BCUT2D eigenvalue weighted by Crippen LogP contribution is -2.29. The molecular weight excluding hydrogens is 470 g/mol. The molecule has 7 nitrogen and oxygen atoms in total. The Bertz CT molecular complexity index is 1440. The Morgan fingerprint density at radius 2 is 1.94 bits per heavy atom. The number of carboxylic acid groups (broad SMARTS) is 1. The standard InChI is InChI=1S/C25H21N3O4S2/c29-24(30)10-7-19-16-28(22-8-6-17(14-20(19)22)18-4-3-12-26-15-18)34(31,32)25-11-9-23(33-25)21-5-1-2-13-27-21/h1-6,8-9,11-15,19H,7,10,16H2,(H,29,30). The number of aliphatic carboxylic acids is 1. The number of benzene rings is 1. The van der Waals surface area contributed by atoms with Crippen molar-refractivity contribution >= 4 is 33.0 Å². The fourth-order valence-electron chi connectivity index (χ4n) is 4.20. The zero-order valence-electron chi connectivity index (χ0n) is 18.0. The summed E-state index contributed by atoms with van der Waals surface area (Å²) >= 11 is 1.18. The summed E-state index contributed by atoms with van der Waals surface area (Å²) in [6.45, 7) is 0.207. The van der Waals surface area contributed by atoms with Crippen LogP contribution in [0, 0.1) is 0 Å². The van der Waals surface area contributed by atoms with E-state index in [0.29, 0.717) is 12.1 Å². The van der Waals surface area contributed by atoms with Crippen molar-refractivity contribution in [3.05, 3.63) is 84.8 Å². The summed E-state index contributed by atoms with van der Waals surface area (Å²) in [6.07, 6.45) is 5.45. The van der Waals surface area contributed by atoms with Gasteiger partial charge in [0.15, 0.2) is 0 Å². The van der Waals surface area contributed by atoms with Gasteiger partial charge in [-0.2, -0.15) is 0 Å². The Kier molecular flexibility index (Phi) is 5.89. The number of hydrogen-bond donors (Lipinski definition) is 1. The number of rotatable bonds is 7. The highest BCUT2D eigenvalue weighted by Gasteiger charge is 2.37. The third-order valence-electron chi connectivity index (χ3n) is 5.87. The average molecular weight is 492 g/mol. The lowest BCUT2D eigenvalue weighted by Gasteiger charge is -2.19. The van der Waals surface area contributed by atoms with Gasteiger partial charge in [-0.1, -0.05) is 18.2 Å². The molecule has 0 radical (unpaired) electrons. The maximum Gasteiger partial charge on any atom is 0.303 e. The van der Waals surface area contributed by atoms with E-state index in [1.807, 2.05) is 48.5 Å². The fraction of sp³-hybridized carbons (Fsp3) is 0.160. The first-order valence-corrected chi connectivity index (χ1v) is 13.0.